The molecule has 1 aliphatic rings. The molecule has 0 fully saturated rings. The predicted molar refractivity (Wildman–Crippen MR) is 104 cm³/mol. The minimum atomic E-state index is -0.221. The summed E-state index contributed by atoms with van der Waals surface area (Å²) < 4.78 is 0. The predicted octanol–water partition coefficient (Wildman–Crippen LogP) is 4.86. The quantitative estimate of drug-likeness (QED) is 0.649. The Bertz CT molecular complexity index is 987. The van der Waals surface area contributed by atoms with Crippen LogP contribution in [0.4, 0.5) is 11.4 Å². The standard InChI is InChI=1S/C22H19N3/c1-14-11-12-17-19(13-14)25-22(16-9-5-6-10-18(16)23)20(21(17)24)15-7-3-2-4-8-15/h2-13,20,24H,23H2,1H3. The van der Waals surface area contributed by atoms with Crippen LogP contribution < -0.4 is 5.73 Å². The Morgan fingerprint density at radius 2 is 1.60 bits per heavy atom. The lowest BCUT2D eigenvalue weighted by Crippen LogP contribution is -2.27. The normalized spacial score (nSPS) is 16.3. The minimum Gasteiger partial charge on any atom is -0.398 e. The number of benzene rings is 3. The van der Waals surface area contributed by atoms with Crippen molar-refractivity contribution >= 4 is 22.8 Å². The molecule has 1 atom stereocenters. The van der Waals surface area contributed by atoms with Crippen LogP contribution in [0.5, 0.6) is 0 Å². The number of nitrogens with zero attached hydrogens (tertiary/aromatic N) is 1. The second kappa shape index (κ2) is 6.02. The molecule has 0 radical (unpaired) electrons. The fourth-order valence-electron chi connectivity index (χ4n) is 3.36. The molecule has 0 spiro atoms. The van der Waals surface area contributed by atoms with Crippen molar-refractivity contribution in [3.05, 3.63) is 95.1 Å². The molecule has 3 heteroatoms. The van der Waals surface area contributed by atoms with E-state index in [4.69, 9.17) is 16.1 Å². The average Bonchev–Trinajstić information content (AvgIpc) is 2.62. The van der Waals surface area contributed by atoms with Gasteiger partial charge in [-0.15, -0.1) is 0 Å². The molecule has 0 saturated heterocycles. The van der Waals surface area contributed by atoms with Gasteiger partial charge < -0.3 is 11.1 Å². The lowest BCUT2D eigenvalue weighted by Gasteiger charge is -2.27. The molecule has 1 unspecified atom stereocenters. The summed E-state index contributed by atoms with van der Waals surface area (Å²) in [6.45, 7) is 2.04. The van der Waals surface area contributed by atoms with Crippen LogP contribution >= 0.6 is 0 Å². The van der Waals surface area contributed by atoms with Gasteiger partial charge in [0.05, 0.1) is 23.0 Å². The zero-order valence-electron chi connectivity index (χ0n) is 14.0. The van der Waals surface area contributed by atoms with E-state index in [1.165, 1.54) is 0 Å². The van der Waals surface area contributed by atoms with Gasteiger partial charge in [0.1, 0.15) is 0 Å². The van der Waals surface area contributed by atoms with Crippen molar-refractivity contribution in [2.24, 2.45) is 4.99 Å². The van der Waals surface area contributed by atoms with Gasteiger partial charge >= 0.3 is 0 Å². The molecule has 0 aliphatic carbocycles. The van der Waals surface area contributed by atoms with Gasteiger partial charge in [-0.1, -0.05) is 60.7 Å². The molecule has 122 valence electrons. The van der Waals surface area contributed by atoms with Gasteiger partial charge in [0.2, 0.25) is 0 Å². The summed E-state index contributed by atoms with van der Waals surface area (Å²) in [6.07, 6.45) is 0. The first-order valence-corrected chi connectivity index (χ1v) is 8.33. The van der Waals surface area contributed by atoms with Gasteiger partial charge in [-0.3, -0.25) is 4.99 Å². The van der Waals surface area contributed by atoms with Crippen molar-refractivity contribution < 1.29 is 0 Å². The van der Waals surface area contributed by atoms with Gasteiger partial charge in [0.25, 0.3) is 0 Å². The van der Waals surface area contributed by atoms with Gasteiger partial charge in [-0.05, 0) is 30.2 Å². The highest BCUT2D eigenvalue weighted by atomic mass is 14.8. The molecule has 1 aliphatic heterocycles. The smallest absolute Gasteiger partial charge is 0.0727 e. The molecular formula is C22H19N3. The number of nitrogen functional groups attached to an aromatic ring is 1. The first-order chi connectivity index (χ1) is 12.1. The number of nitrogens with two attached hydrogens (primary N) is 1. The number of aryl methyl sites for hydroxylation is 1. The molecular weight excluding hydrogens is 306 g/mol. The van der Waals surface area contributed by atoms with Crippen LogP contribution in [0.3, 0.4) is 0 Å². The van der Waals surface area contributed by atoms with Crippen LogP contribution in [0.1, 0.15) is 28.2 Å². The number of hydrogen-bond acceptors (Lipinski definition) is 3. The topological polar surface area (TPSA) is 62.2 Å². The third-order valence-electron chi connectivity index (χ3n) is 4.62. The van der Waals surface area contributed by atoms with Crippen molar-refractivity contribution in [1.29, 1.82) is 5.41 Å². The molecule has 3 aromatic carbocycles. The Hall–Kier alpha value is -3.20. The molecule has 0 aromatic heterocycles. The van der Waals surface area contributed by atoms with Crippen molar-refractivity contribution in [2.75, 3.05) is 5.73 Å². The number of nitrogens with one attached hydrogen (secondary N) is 1. The van der Waals surface area contributed by atoms with Gasteiger partial charge in [0, 0.05) is 16.8 Å². The molecule has 3 N–H and O–H groups in total. The third-order valence-corrected chi connectivity index (χ3v) is 4.62. The molecule has 0 bridgehead atoms. The van der Waals surface area contributed by atoms with Crippen LogP contribution in [0.25, 0.3) is 0 Å². The van der Waals surface area contributed by atoms with E-state index in [1.54, 1.807) is 0 Å². The number of para-hydroxylation sites is 1. The maximum absolute atomic E-state index is 8.86. The molecule has 3 nitrogen and oxygen atoms in total. The first kappa shape index (κ1) is 15.3. The van der Waals surface area contributed by atoms with Crippen molar-refractivity contribution in [3.8, 4) is 0 Å². The van der Waals surface area contributed by atoms with Crippen molar-refractivity contribution in [1.82, 2.24) is 0 Å². The Labute approximate surface area is 147 Å². The van der Waals surface area contributed by atoms with Crippen LogP contribution in [-0.4, -0.2) is 11.4 Å². The molecule has 1 heterocycles. The average molecular weight is 325 g/mol. The van der Waals surface area contributed by atoms with Crippen molar-refractivity contribution in [3.63, 3.8) is 0 Å². The highest BCUT2D eigenvalue weighted by Gasteiger charge is 2.31. The molecule has 0 amide bonds. The maximum Gasteiger partial charge on any atom is 0.0727 e. The van der Waals surface area contributed by atoms with Crippen LogP contribution in [0, 0.1) is 12.3 Å². The fraction of sp³-hybridized carbons (Fsp3) is 0.0909. The van der Waals surface area contributed by atoms with E-state index in [-0.39, 0.29) is 5.92 Å². The van der Waals surface area contributed by atoms with Crippen molar-refractivity contribution in [2.45, 2.75) is 12.8 Å². The number of anilines is 1. The summed E-state index contributed by atoms with van der Waals surface area (Å²) in [5, 5.41) is 8.86. The Kier molecular flexibility index (Phi) is 3.69. The third kappa shape index (κ3) is 2.64. The number of hydrogen-bond donors (Lipinski definition) is 2. The highest BCUT2D eigenvalue weighted by molar-refractivity contribution is 6.28. The lowest BCUT2D eigenvalue weighted by atomic mass is 9.80. The van der Waals surface area contributed by atoms with Crippen LogP contribution in [0.15, 0.2) is 77.8 Å². The Morgan fingerprint density at radius 3 is 2.36 bits per heavy atom. The number of aliphatic imine (C=N–C) groups is 1. The van der Waals surface area contributed by atoms with E-state index in [1.807, 2.05) is 79.7 Å². The monoisotopic (exact) mass is 325 g/mol. The van der Waals surface area contributed by atoms with E-state index >= 15 is 0 Å². The van der Waals surface area contributed by atoms with E-state index in [0.717, 1.165) is 33.7 Å². The largest absolute Gasteiger partial charge is 0.398 e. The molecule has 25 heavy (non-hydrogen) atoms. The fourth-order valence-corrected chi connectivity index (χ4v) is 3.36. The number of rotatable bonds is 2. The number of fused-ring (bicyclic) bond motifs is 1. The second-order valence-electron chi connectivity index (χ2n) is 6.36. The van der Waals surface area contributed by atoms with Crippen LogP contribution in [0.2, 0.25) is 0 Å². The van der Waals surface area contributed by atoms with Gasteiger partial charge in [-0.25, -0.2) is 0 Å². The Morgan fingerprint density at radius 1 is 0.880 bits per heavy atom. The summed E-state index contributed by atoms with van der Waals surface area (Å²) in [7, 11) is 0. The SMILES string of the molecule is Cc1ccc2c(c1)N=C(c1ccccc1N)C(c1ccccc1)C2=N. The summed E-state index contributed by atoms with van der Waals surface area (Å²) >= 11 is 0. The van der Waals surface area contributed by atoms with Crippen LogP contribution in [-0.2, 0) is 0 Å². The second-order valence-corrected chi connectivity index (χ2v) is 6.36. The van der Waals surface area contributed by atoms with Gasteiger partial charge in [-0.2, -0.15) is 0 Å². The van der Waals surface area contributed by atoms with E-state index in [0.29, 0.717) is 11.4 Å². The first-order valence-electron chi connectivity index (χ1n) is 8.33. The Balaban J connectivity index is 1.98. The zero-order valence-corrected chi connectivity index (χ0v) is 14.0. The lowest BCUT2D eigenvalue weighted by molar-refractivity contribution is 1.14. The molecule has 4 rings (SSSR count). The van der Waals surface area contributed by atoms with E-state index in [2.05, 4.69) is 0 Å². The van der Waals surface area contributed by atoms with E-state index < -0.39 is 0 Å². The summed E-state index contributed by atoms with van der Waals surface area (Å²) in [5.74, 6) is -0.221. The molecule has 3 aromatic rings. The zero-order chi connectivity index (χ0) is 17.4. The highest BCUT2D eigenvalue weighted by Crippen LogP contribution is 2.37. The summed E-state index contributed by atoms with van der Waals surface area (Å²) in [6, 6.07) is 23.9. The summed E-state index contributed by atoms with van der Waals surface area (Å²) in [4.78, 5) is 4.94. The maximum atomic E-state index is 8.86. The minimum absolute atomic E-state index is 0.221. The van der Waals surface area contributed by atoms with Gasteiger partial charge in [0.15, 0.2) is 0 Å². The molecule has 0 saturated carbocycles. The summed E-state index contributed by atoms with van der Waals surface area (Å²) in [5.41, 5.74) is 13.1. The van der Waals surface area contributed by atoms with E-state index in [9.17, 15) is 0 Å².